The number of carboxylic acids is 1. The van der Waals surface area contributed by atoms with E-state index in [4.69, 9.17) is 11.6 Å². The summed E-state index contributed by atoms with van der Waals surface area (Å²) >= 11 is 0. The minimum atomic E-state index is -1.25. The highest BCUT2D eigenvalue weighted by Gasteiger charge is 2.17. The van der Waals surface area contributed by atoms with Crippen LogP contribution in [0.2, 0.25) is 0 Å². The van der Waals surface area contributed by atoms with E-state index in [-0.39, 0.29) is 13.3 Å². The van der Waals surface area contributed by atoms with Gasteiger partial charge in [-0.3, -0.25) is 4.79 Å². The van der Waals surface area contributed by atoms with Gasteiger partial charge in [-0.15, -0.1) is 0 Å². The Morgan fingerprint density at radius 2 is 2.31 bits per heavy atom. The molecule has 1 atom stereocenters. The van der Waals surface area contributed by atoms with Gasteiger partial charge in [-0.25, -0.2) is 4.79 Å². The first-order chi connectivity index (χ1) is 6.61. The van der Waals surface area contributed by atoms with Crippen LogP contribution in [0.1, 0.15) is 27.5 Å². The second-order valence-electron chi connectivity index (χ2n) is 2.60. The molecule has 0 rings (SSSR count). The van der Waals surface area contributed by atoms with Crippen molar-refractivity contribution in [2.45, 2.75) is 32.2 Å². The zero-order chi connectivity index (χ0) is 11.0. The van der Waals surface area contributed by atoms with Crippen LogP contribution in [-0.2, 0) is 9.59 Å². The van der Waals surface area contributed by atoms with Gasteiger partial charge in [-0.1, -0.05) is 13.3 Å². The number of carbonyl (C=O) groups excluding carboxylic acids is 1. The van der Waals surface area contributed by atoms with Crippen molar-refractivity contribution < 1.29 is 21.2 Å². The summed E-state index contributed by atoms with van der Waals surface area (Å²) in [7, 11) is 0. The lowest BCUT2D eigenvalue weighted by molar-refractivity contribution is -0.142. The maximum Gasteiger partial charge on any atom is 0.328 e. The van der Waals surface area contributed by atoms with Crippen molar-refractivity contribution in [2.75, 3.05) is 6.61 Å². The van der Waals surface area contributed by atoms with E-state index in [0.29, 0.717) is 12.8 Å². The molecule has 1 amide bonds. The van der Waals surface area contributed by atoms with Crippen molar-refractivity contribution in [1.82, 2.24) is 5.32 Å². The molecule has 5 nitrogen and oxygen atoms in total. The van der Waals surface area contributed by atoms with E-state index in [2.05, 4.69) is 5.32 Å². The molecule has 0 aliphatic heterocycles. The summed E-state index contributed by atoms with van der Waals surface area (Å²) in [5, 5.41) is 19.3. The van der Waals surface area contributed by atoms with Gasteiger partial charge in [0.2, 0.25) is 5.91 Å². The highest BCUT2D eigenvalue weighted by molar-refractivity contribution is 5.83. The molecule has 0 radical (unpaired) electrons. The third-order valence-electron chi connectivity index (χ3n) is 1.47. The predicted octanol–water partition coefficient (Wildman–Crippen LogP) is -0.262. The summed E-state index contributed by atoms with van der Waals surface area (Å²) in [6.45, 7) is -0.352. The summed E-state index contributed by atoms with van der Waals surface area (Å²) in [5.41, 5.74) is 0. The van der Waals surface area contributed by atoms with Crippen molar-refractivity contribution in [3.8, 4) is 0 Å². The third-order valence-corrected chi connectivity index (χ3v) is 1.47. The van der Waals surface area contributed by atoms with E-state index in [0.717, 1.165) is 0 Å². The number of hydrogen-bond acceptors (Lipinski definition) is 3. The van der Waals surface area contributed by atoms with Crippen molar-refractivity contribution in [3.05, 3.63) is 0 Å². The van der Waals surface area contributed by atoms with Gasteiger partial charge in [0, 0.05) is 7.79 Å². The predicted molar refractivity (Wildman–Crippen MR) is 46.2 cm³/mol. The van der Waals surface area contributed by atoms with E-state index < -0.39 is 24.5 Å². The van der Waals surface area contributed by atoms with Gasteiger partial charge in [-0.05, 0) is 6.42 Å². The fourth-order valence-electron chi connectivity index (χ4n) is 0.738. The van der Waals surface area contributed by atoms with Crippen molar-refractivity contribution in [3.63, 3.8) is 0 Å². The number of carboxylic acid groups (broad SMARTS) is 1. The quantitative estimate of drug-likeness (QED) is 0.503. The fraction of sp³-hybridized carbons (Fsp3) is 0.750. The summed E-state index contributed by atoms with van der Waals surface area (Å²) < 4.78 is 6.83. The summed E-state index contributed by atoms with van der Waals surface area (Å²) in [5.74, 6) is -1.65. The Bertz CT molecular complexity index is 198. The molecule has 5 heteroatoms. The lowest BCUT2D eigenvalue weighted by Crippen LogP contribution is -2.43. The molecule has 3 N–H and O–H groups in total. The minimum absolute atomic E-state index is 0.197. The van der Waals surface area contributed by atoms with Crippen LogP contribution in [0.5, 0.6) is 0 Å². The Kier molecular flexibility index (Phi) is 4.93. The topological polar surface area (TPSA) is 86.6 Å². The standard InChI is InChI=1S/C8H15NO4/c1-2-3-4-7(11)9-6(5-10)8(12)13/h6,10H,2-5H2,1H3,(H,9,11)(H,12,13)/t6-/m0/s1/i1D. The zero-order valence-corrected chi connectivity index (χ0v) is 7.32. The molecule has 0 bridgehead atoms. The highest BCUT2D eigenvalue weighted by Crippen LogP contribution is 1.94. The summed E-state index contributed by atoms with van der Waals surface area (Å²) in [4.78, 5) is 21.4. The monoisotopic (exact) mass is 190 g/mol. The normalized spacial score (nSPS) is 13.2. The number of aliphatic hydroxyl groups is 1. The summed E-state index contributed by atoms with van der Waals surface area (Å²) in [6.07, 6.45) is 1.38. The maximum atomic E-state index is 11.0. The van der Waals surface area contributed by atoms with Gasteiger partial charge in [-0.2, -0.15) is 0 Å². The molecule has 0 aliphatic rings. The Labute approximate surface area is 78.2 Å². The van der Waals surface area contributed by atoms with E-state index in [1.165, 1.54) is 0 Å². The Morgan fingerprint density at radius 1 is 1.62 bits per heavy atom. The number of unbranched alkanes of at least 4 members (excludes halogenated alkanes) is 1. The van der Waals surface area contributed by atoms with Crippen LogP contribution in [0, 0.1) is 0 Å². The molecule has 13 heavy (non-hydrogen) atoms. The molecule has 0 saturated heterocycles. The summed E-state index contributed by atoms with van der Waals surface area (Å²) in [6, 6.07) is -1.22. The number of rotatable bonds is 6. The minimum Gasteiger partial charge on any atom is -0.480 e. The number of nitrogens with one attached hydrogen (secondary N) is 1. The van der Waals surface area contributed by atoms with Gasteiger partial charge in [0.1, 0.15) is 6.04 Å². The smallest absolute Gasteiger partial charge is 0.328 e. The van der Waals surface area contributed by atoms with Gasteiger partial charge < -0.3 is 15.5 Å². The molecule has 0 aliphatic carbocycles. The molecule has 0 spiro atoms. The van der Waals surface area contributed by atoms with Crippen molar-refractivity contribution in [1.29, 1.82) is 0 Å². The first-order valence-electron chi connectivity index (χ1n) is 4.74. The van der Waals surface area contributed by atoms with Crippen LogP contribution in [0.15, 0.2) is 0 Å². The number of amides is 1. The number of carbonyl (C=O) groups is 2. The zero-order valence-electron chi connectivity index (χ0n) is 8.32. The molecular formula is C8H15NO4. The van der Waals surface area contributed by atoms with Crippen LogP contribution >= 0.6 is 0 Å². The van der Waals surface area contributed by atoms with Crippen LogP contribution in [0.25, 0.3) is 0 Å². The maximum absolute atomic E-state index is 11.0. The highest BCUT2D eigenvalue weighted by atomic mass is 16.4. The van der Waals surface area contributed by atoms with Crippen LogP contribution in [0.4, 0.5) is 0 Å². The van der Waals surface area contributed by atoms with E-state index in [9.17, 15) is 9.59 Å². The van der Waals surface area contributed by atoms with E-state index in [1.54, 1.807) is 0 Å². The number of aliphatic carboxylic acids is 1. The molecular weight excluding hydrogens is 174 g/mol. The van der Waals surface area contributed by atoms with Crippen molar-refractivity contribution >= 4 is 11.9 Å². The average molecular weight is 190 g/mol. The molecule has 0 aromatic rings. The van der Waals surface area contributed by atoms with E-state index in [1.807, 2.05) is 0 Å². The first kappa shape index (κ1) is 9.98. The van der Waals surface area contributed by atoms with Gasteiger partial charge >= 0.3 is 5.97 Å². The number of hydrogen-bond donors (Lipinski definition) is 3. The Hall–Kier alpha value is -1.10. The van der Waals surface area contributed by atoms with Gasteiger partial charge in [0.15, 0.2) is 0 Å². The average Bonchev–Trinajstić information content (AvgIpc) is 2.14. The van der Waals surface area contributed by atoms with Gasteiger partial charge in [0.05, 0.1) is 6.61 Å². The second kappa shape index (κ2) is 6.42. The van der Waals surface area contributed by atoms with Crippen LogP contribution in [0.3, 0.4) is 0 Å². The van der Waals surface area contributed by atoms with Gasteiger partial charge in [0.25, 0.3) is 0 Å². The second-order valence-corrected chi connectivity index (χ2v) is 2.60. The SMILES string of the molecule is [2H]CCCCC(=O)N[C@@H](CO)C(=O)O. The molecule has 0 aromatic carbocycles. The molecule has 0 saturated carbocycles. The number of aliphatic hydroxyl groups excluding tert-OH is 1. The molecule has 0 unspecified atom stereocenters. The van der Waals surface area contributed by atoms with E-state index >= 15 is 0 Å². The lowest BCUT2D eigenvalue weighted by atomic mass is 10.2. The van der Waals surface area contributed by atoms with Crippen molar-refractivity contribution in [2.24, 2.45) is 0 Å². The molecule has 0 heterocycles. The fourth-order valence-corrected chi connectivity index (χ4v) is 0.738. The third kappa shape index (κ3) is 5.19. The van der Waals surface area contributed by atoms with Crippen LogP contribution in [-0.4, -0.2) is 34.7 Å². The lowest BCUT2D eigenvalue weighted by Gasteiger charge is -2.10. The first-order valence-corrected chi connectivity index (χ1v) is 4.04. The Balaban J connectivity index is 3.74. The Morgan fingerprint density at radius 3 is 2.77 bits per heavy atom. The molecule has 76 valence electrons. The largest absolute Gasteiger partial charge is 0.480 e. The van der Waals surface area contributed by atoms with Crippen LogP contribution < -0.4 is 5.32 Å². The molecule has 0 aromatic heterocycles. The molecule has 0 fully saturated rings.